The van der Waals surface area contributed by atoms with E-state index in [0.717, 1.165) is 11.6 Å². The number of methoxy groups -OCH3 is 2. The highest BCUT2D eigenvalue weighted by atomic mass is 28.3. The first-order valence-electron chi connectivity index (χ1n) is 24.5. The fourth-order valence-electron chi connectivity index (χ4n) is 8.05. The van der Waals surface area contributed by atoms with Crippen LogP contribution < -0.4 is 31.2 Å². The van der Waals surface area contributed by atoms with E-state index in [1.54, 1.807) is 134 Å². The second kappa shape index (κ2) is 23.3. The molecule has 0 fully saturated rings. The Hall–Kier alpha value is -9.30. The van der Waals surface area contributed by atoms with Gasteiger partial charge < -0.3 is 24.8 Å². The molecule has 412 valence electrons. The van der Waals surface area contributed by atoms with E-state index >= 15 is 0 Å². The Kier molecular flexibility index (Phi) is 16.2. The molecule has 26 heteroatoms. The highest BCUT2D eigenvalue weighted by Crippen LogP contribution is 2.29. The van der Waals surface area contributed by atoms with Crippen LogP contribution in [0.4, 0.5) is 38.2 Å². The zero-order chi connectivity index (χ0) is 56.8. The Morgan fingerprint density at radius 1 is 0.600 bits per heavy atom. The molecule has 4 aromatic carbocycles. The molecule has 0 bridgehead atoms. The lowest BCUT2D eigenvalue weighted by atomic mass is 10.1. The van der Waals surface area contributed by atoms with E-state index in [9.17, 15) is 35.9 Å². The number of alkyl halides is 6. The van der Waals surface area contributed by atoms with Gasteiger partial charge in [-0.3, -0.25) is 23.8 Å². The predicted octanol–water partition coefficient (Wildman–Crippen LogP) is 10.2. The minimum absolute atomic E-state index is 0.151. The number of rotatable bonds is 17. The number of benzene rings is 4. The van der Waals surface area contributed by atoms with Crippen LogP contribution in [0.25, 0.3) is 78.5 Å². The van der Waals surface area contributed by atoms with Crippen molar-refractivity contribution in [3.63, 3.8) is 0 Å². The van der Waals surface area contributed by atoms with Gasteiger partial charge in [0.15, 0.2) is 22.9 Å². The van der Waals surface area contributed by atoms with Gasteiger partial charge >= 0.3 is 12.4 Å². The third-order valence-electron chi connectivity index (χ3n) is 12.1. The number of aromatic nitrogens is 12. The van der Waals surface area contributed by atoms with E-state index in [-0.39, 0.29) is 23.2 Å². The van der Waals surface area contributed by atoms with Gasteiger partial charge in [-0.25, -0.2) is 24.6 Å². The molecule has 6 aromatic heterocycles. The first-order valence-corrected chi connectivity index (χ1v) is 28.2. The van der Waals surface area contributed by atoms with Crippen molar-refractivity contribution in [2.45, 2.75) is 44.8 Å². The average molecular weight is 1120 g/mol. The zero-order valence-electron chi connectivity index (χ0n) is 43.5. The smallest absolute Gasteiger partial charge is 0.405 e. The standard InChI is InChI=1S/C30H32F3N7O3Si.C24H18F3N7O2/c1-42-24-11-7-20(8-12-24)25-15-22-16-34-29(35-17-30(31,32)33)37-27(22)40(28(25)41)23-9-5-21(6-10-23)26-36-18-39(38-26)19-43-13-14-44(2,3)4;1-36-18-8-4-14(5-9-18)19-10-16-11-28-23(29-12-24(25,26)27)32-21(16)34(22(19)35)17-6-2-15(3-7-17)20-30-13-31-33-20/h5-12,15-16,18H,13-14,17,19H2,1-4H3,(H,34,35,37);2-11,13H,12H2,1H3,(H,28,29,32)(H,30,31,33). The van der Waals surface area contributed by atoms with Gasteiger partial charge in [0.2, 0.25) is 11.9 Å². The van der Waals surface area contributed by atoms with Crippen LogP contribution in [-0.4, -0.2) is 113 Å². The van der Waals surface area contributed by atoms with Gasteiger partial charge in [0, 0.05) is 60.1 Å². The number of pyridine rings is 2. The van der Waals surface area contributed by atoms with Crippen molar-refractivity contribution in [3.8, 4) is 67.9 Å². The third-order valence-corrected chi connectivity index (χ3v) is 13.8. The Bertz CT molecular complexity index is 3870. The maximum atomic E-state index is 13.9. The van der Waals surface area contributed by atoms with Crippen LogP contribution in [-0.2, 0) is 11.5 Å². The van der Waals surface area contributed by atoms with Gasteiger partial charge in [-0.05, 0) is 102 Å². The number of hydrogen-bond acceptors (Lipinski definition) is 15. The first kappa shape index (κ1) is 55.5. The number of ether oxygens (including phenoxy) is 3. The monoisotopic (exact) mass is 1120 g/mol. The van der Waals surface area contributed by atoms with Crippen LogP contribution in [0.2, 0.25) is 25.7 Å². The molecule has 0 amide bonds. The molecule has 10 aromatic rings. The first-order chi connectivity index (χ1) is 38.2. The molecule has 19 nitrogen and oxygen atoms in total. The van der Waals surface area contributed by atoms with Crippen LogP contribution in [0.5, 0.6) is 11.5 Å². The van der Waals surface area contributed by atoms with Crippen LogP contribution in [0.1, 0.15) is 0 Å². The Balaban J connectivity index is 0.000000197. The summed E-state index contributed by atoms with van der Waals surface area (Å²) in [5, 5.41) is 16.4. The molecule has 0 saturated carbocycles. The topological polar surface area (TPSA) is 220 Å². The minimum atomic E-state index is -4.47. The molecule has 0 unspecified atom stereocenters. The van der Waals surface area contributed by atoms with E-state index in [1.807, 2.05) is 0 Å². The van der Waals surface area contributed by atoms with E-state index in [1.165, 1.54) is 27.9 Å². The molecule has 6 heterocycles. The summed E-state index contributed by atoms with van der Waals surface area (Å²) in [6, 6.07) is 32.1. The second-order valence-electron chi connectivity index (χ2n) is 19.1. The predicted molar refractivity (Wildman–Crippen MR) is 292 cm³/mol. The molecule has 0 aliphatic carbocycles. The summed E-state index contributed by atoms with van der Waals surface area (Å²) in [4.78, 5) is 52.8. The van der Waals surface area contributed by atoms with Crippen molar-refractivity contribution < 1.29 is 40.6 Å². The lowest BCUT2D eigenvalue weighted by molar-refractivity contribution is -0.116. The van der Waals surface area contributed by atoms with Crippen molar-refractivity contribution in [2.24, 2.45) is 0 Å². The molecule has 80 heavy (non-hydrogen) atoms. The number of fused-ring (bicyclic) bond motifs is 2. The highest BCUT2D eigenvalue weighted by molar-refractivity contribution is 6.76. The fourth-order valence-corrected chi connectivity index (χ4v) is 8.81. The van der Waals surface area contributed by atoms with Gasteiger partial charge in [0.1, 0.15) is 44.0 Å². The fraction of sp³-hybridized carbons (Fsp3) is 0.222. The Labute approximate surface area is 452 Å². The maximum Gasteiger partial charge on any atom is 0.405 e. The summed E-state index contributed by atoms with van der Waals surface area (Å²) in [7, 11) is 1.90. The van der Waals surface area contributed by atoms with Crippen molar-refractivity contribution in [3.05, 3.63) is 155 Å². The van der Waals surface area contributed by atoms with E-state index in [4.69, 9.17) is 14.2 Å². The number of nitrogens with zero attached hydrogens (tertiary/aromatic N) is 11. The largest absolute Gasteiger partial charge is 0.497 e. The number of nitrogens with one attached hydrogen (secondary N) is 3. The Morgan fingerprint density at radius 2 is 1.06 bits per heavy atom. The normalized spacial score (nSPS) is 11.8. The highest BCUT2D eigenvalue weighted by Gasteiger charge is 2.29. The molecule has 0 aliphatic rings. The molecule has 0 atom stereocenters. The average Bonchev–Trinajstić information content (AvgIpc) is 4.27. The van der Waals surface area contributed by atoms with Crippen molar-refractivity contribution >= 4 is 42.0 Å². The molecule has 0 radical (unpaired) electrons. The molecular weight excluding hydrogens is 1070 g/mol. The molecule has 3 N–H and O–H groups in total. The van der Waals surface area contributed by atoms with E-state index in [0.29, 0.717) is 86.5 Å². The summed E-state index contributed by atoms with van der Waals surface area (Å²) in [5.41, 5.74) is 3.84. The van der Waals surface area contributed by atoms with Gasteiger partial charge in [0.25, 0.3) is 11.1 Å². The van der Waals surface area contributed by atoms with Crippen molar-refractivity contribution in [1.29, 1.82) is 0 Å². The maximum absolute atomic E-state index is 13.9. The van der Waals surface area contributed by atoms with Crippen LogP contribution in [0, 0.1) is 0 Å². The lowest BCUT2D eigenvalue weighted by Gasteiger charge is -2.15. The van der Waals surface area contributed by atoms with Crippen molar-refractivity contribution in [1.82, 2.24) is 59.0 Å². The zero-order valence-corrected chi connectivity index (χ0v) is 44.5. The second-order valence-corrected chi connectivity index (χ2v) is 24.7. The van der Waals surface area contributed by atoms with Crippen LogP contribution in [0.3, 0.4) is 0 Å². The van der Waals surface area contributed by atoms with E-state index in [2.05, 4.69) is 75.5 Å². The minimum Gasteiger partial charge on any atom is -0.497 e. The summed E-state index contributed by atoms with van der Waals surface area (Å²) in [6.45, 7) is 5.20. The summed E-state index contributed by atoms with van der Waals surface area (Å²) in [6.07, 6.45) is -3.17. The van der Waals surface area contributed by atoms with Crippen LogP contribution >= 0.6 is 0 Å². The summed E-state index contributed by atoms with van der Waals surface area (Å²) in [5.74, 6) is 1.79. The van der Waals surface area contributed by atoms with Gasteiger partial charge in [-0.1, -0.05) is 43.9 Å². The molecule has 10 rings (SSSR count). The van der Waals surface area contributed by atoms with Gasteiger partial charge in [-0.2, -0.15) is 41.4 Å². The number of hydrogen-bond donors (Lipinski definition) is 3. The van der Waals surface area contributed by atoms with Crippen LogP contribution in [0.15, 0.2) is 144 Å². The lowest BCUT2D eigenvalue weighted by Crippen LogP contribution is -2.24. The number of H-pyrrole nitrogens is 1. The SMILES string of the molecule is COc1ccc(-c2cc3cnc(NCC(F)(F)F)nc3n(-c3ccc(-c4ncn(COCC[Si](C)(C)C)n4)cc3)c2=O)cc1.COc1ccc(-c2cc3cnc(NCC(F)(F)F)nc3n(-c3ccc(-c4ncn[nH]4)cc3)c2=O)cc1. The van der Waals surface area contributed by atoms with Crippen molar-refractivity contribution in [2.75, 3.05) is 44.5 Å². The van der Waals surface area contributed by atoms with Gasteiger partial charge in [0.05, 0.1) is 25.6 Å². The number of aromatic amines is 1. The molecule has 0 aliphatic heterocycles. The summed E-state index contributed by atoms with van der Waals surface area (Å²) < 4.78 is 97.2. The quantitative estimate of drug-likeness (QED) is 0.0439. The molecule has 0 spiro atoms. The third kappa shape index (κ3) is 13.5. The number of halogens is 6. The Morgan fingerprint density at radius 3 is 1.49 bits per heavy atom. The van der Waals surface area contributed by atoms with Gasteiger partial charge in [-0.15, -0.1) is 5.10 Å². The molecule has 0 saturated heterocycles. The summed E-state index contributed by atoms with van der Waals surface area (Å²) >= 11 is 0. The molecular formula is C54H50F6N14O5Si. The number of anilines is 2. The van der Waals surface area contributed by atoms with E-state index < -0.39 is 44.6 Å².